The van der Waals surface area contributed by atoms with Gasteiger partial charge in [-0.2, -0.15) is 20.1 Å². The van der Waals surface area contributed by atoms with Crippen molar-refractivity contribution in [3.8, 4) is 5.88 Å². The van der Waals surface area contributed by atoms with Crippen LogP contribution in [0.2, 0.25) is 0 Å². The molecular formula is C28H33N9O2. The van der Waals surface area contributed by atoms with E-state index in [1.54, 1.807) is 6.20 Å². The number of pyridine rings is 1. The number of anilines is 4. The second kappa shape index (κ2) is 11.4. The van der Waals surface area contributed by atoms with E-state index in [-0.39, 0.29) is 6.10 Å². The molecule has 0 amide bonds. The number of hydrazine groups is 1. The molecule has 2 aliphatic heterocycles. The molecule has 1 fully saturated rings. The molecule has 4 aromatic rings. The smallest absolute Gasteiger partial charge is 0.229 e. The molecule has 6 rings (SSSR count). The molecule has 11 heteroatoms. The van der Waals surface area contributed by atoms with Crippen LogP contribution in [0.5, 0.6) is 5.88 Å². The highest BCUT2D eigenvalue weighted by molar-refractivity contribution is 5.83. The van der Waals surface area contributed by atoms with Gasteiger partial charge in [-0.3, -0.25) is 4.68 Å². The van der Waals surface area contributed by atoms with Gasteiger partial charge < -0.3 is 20.1 Å². The predicted molar refractivity (Wildman–Crippen MR) is 150 cm³/mol. The predicted octanol–water partition coefficient (Wildman–Crippen LogP) is 4.05. The normalized spacial score (nSPS) is 18.3. The minimum Gasteiger partial charge on any atom is -0.474 e. The molecule has 0 spiro atoms. The summed E-state index contributed by atoms with van der Waals surface area (Å²) in [4.78, 5) is 14.4. The summed E-state index contributed by atoms with van der Waals surface area (Å²) in [6, 6.07) is 11.9. The molecule has 0 saturated carbocycles. The first-order valence-electron chi connectivity index (χ1n) is 13.3. The van der Waals surface area contributed by atoms with E-state index < -0.39 is 0 Å². The number of nitrogens with zero attached hydrogens (tertiary/aromatic N) is 7. The van der Waals surface area contributed by atoms with Crippen molar-refractivity contribution in [2.45, 2.75) is 32.0 Å². The Bertz CT molecular complexity index is 1450. The Morgan fingerprint density at radius 1 is 1.18 bits per heavy atom. The van der Waals surface area contributed by atoms with Gasteiger partial charge in [-0.15, -0.1) is 6.58 Å². The van der Waals surface area contributed by atoms with E-state index >= 15 is 0 Å². The van der Waals surface area contributed by atoms with Gasteiger partial charge in [-0.1, -0.05) is 12.1 Å². The van der Waals surface area contributed by atoms with Crippen LogP contribution in [0.25, 0.3) is 10.9 Å². The standard InChI is InChI=1S/C28H33N9O2/c1-3-14-36-19-38-18-21-16-30-28(32-22-9-10-24-20(15-22)17-31-35(24)2)34-27(21)37(36)25-7-4-8-26(33-25)39-23-6-5-12-29-13-11-23/h3-4,7-10,15-17,23,29H,1,5-6,11-14,18-19H2,2H3,(H,30,32,34)/t23-/m1/s1. The second-order valence-electron chi connectivity index (χ2n) is 9.73. The third-order valence-corrected chi connectivity index (χ3v) is 6.90. The van der Waals surface area contributed by atoms with Crippen LogP contribution < -0.4 is 20.4 Å². The molecule has 0 radical (unpaired) electrons. The van der Waals surface area contributed by atoms with E-state index in [1.165, 1.54) is 0 Å². The first kappa shape index (κ1) is 25.2. The average Bonchev–Trinajstić information content (AvgIpc) is 3.09. The Morgan fingerprint density at radius 3 is 3.05 bits per heavy atom. The fraction of sp³-hybridized carbons (Fsp3) is 0.357. The number of hydrogen-bond acceptors (Lipinski definition) is 10. The zero-order chi connectivity index (χ0) is 26.6. The van der Waals surface area contributed by atoms with Crippen molar-refractivity contribution in [3.63, 3.8) is 0 Å². The number of ether oxygens (including phenoxy) is 2. The average molecular weight is 528 g/mol. The topological polar surface area (TPSA) is 105 Å². The lowest BCUT2D eigenvalue weighted by Gasteiger charge is -2.32. The Kier molecular flexibility index (Phi) is 7.35. The molecule has 2 N–H and O–H groups in total. The maximum atomic E-state index is 6.32. The van der Waals surface area contributed by atoms with E-state index in [1.807, 2.05) is 70.4 Å². The van der Waals surface area contributed by atoms with Crippen LogP contribution in [-0.2, 0) is 18.4 Å². The van der Waals surface area contributed by atoms with Crippen LogP contribution >= 0.6 is 0 Å². The molecule has 11 nitrogen and oxygen atoms in total. The van der Waals surface area contributed by atoms with E-state index in [0.29, 0.717) is 43.3 Å². The van der Waals surface area contributed by atoms with Gasteiger partial charge in [0, 0.05) is 42.5 Å². The SMILES string of the molecule is C=CCN1COCc2cnc(Nc3ccc4c(cnn4C)c3)nc2N1c1cccc(O[C@@H]2CCCNCC2)n1. The summed E-state index contributed by atoms with van der Waals surface area (Å²) in [6.07, 6.45) is 8.69. The van der Waals surface area contributed by atoms with Gasteiger partial charge in [0.05, 0.1) is 18.3 Å². The molecule has 202 valence electrons. The third-order valence-electron chi connectivity index (χ3n) is 6.90. The molecular weight excluding hydrogens is 494 g/mol. The highest BCUT2D eigenvalue weighted by Gasteiger charge is 2.28. The fourth-order valence-corrected chi connectivity index (χ4v) is 4.97. The van der Waals surface area contributed by atoms with Crippen LogP contribution in [0.4, 0.5) is 23.3 Å². The Balaban J connectivity index is 1.33. The van der Waals surface area contributed by atoms with Crippen molar-refractivity contribution in [2.75, 3.05) is 36.7 Å². The van der Waals surface area contributed by atoms with Crippen molar-refractivity contribution in [1.29, 1.82) is 0 Å². The monoisotopic (exact) mass is 527 g/mol. The highest BCUT2D eigenvalue weighted by Crippen LogP contribution is 2.33. The number of nitrogens with one attached hydrogen (secondary N) is 2. The lowest BCUT2D eigenvalue weighted by Crippen LogP contribution is -2.41. The molecule has 2 aliphatic rings. The molecule has 3 aromatic heterocycles. The molecule has 1 saturated heterocycles. The molecule has 0 bridgehead atoms. The summed E-state index contributed by atoms with van der Waals surface area (Å²) in [6.45, 7) is 7.21. The van der Waals surface area contributed by atoms with Gasteiger partial charge in [-0.25, -0.2) is 9.99 Å². The van der Waals surface area contributed by atoms with Gasteiger partial charge in [0.25, 0.3) is 0 Å². The van der Waals surface area contributed by atoms with Crippen molar-refractivity contribution < 1.29 is 9.47 Å². The maximum absolute atomic E-state index is 6.32. The first-order chi connectivity index (χ1) is 19.2. The quantitative estimate of drug-likeness (QED) is 0.342. The number of rotatable bonds is 7. The van der Waals surface area contributed by atoms with E-state index in [9.17, 15) is 0 Å². The van der Waals surface area contributed by atoms with Crippen molar-refractivity contribution in [2.24, 2.45) is 7.05 Å². The van der Waals surface area contributed by atoms with Crippen molar-refractivity contribution >= 4 is 34.2 Å². The molecule has 0 unspecified atom stereocenters. The molecule has 1 aromatic carbocycles. The summed E-state index contributed by atoms with van der Waals surface area (Å²) in [7, 11) is 1.93. The van der Waals surface area contributed by atoms with Crippen LogP contribution in [0, 0.1) is 0 Å². The number of fused-ring (bicyclic) bond motifs is 2. The van der Waals surface area contributed by atoms with Crippen LogP contribution in [-0.4, -0.2) is 62.2 Å². The van der Waals surface area contributed by atoms with Gasteiger partial charge in [-0.05, 0) is 56.6 Å². The minimum atomic E-state index is 0.141. The lowest BCUT2D eigenvalue weighted by molar-refractivity contribution is 0.0325. The molecule has 39 heavy (non-hydrogen) atoms. The van der Waals surface area contributed by atoms with Gasteiger partial charge in [0.15, 0.2) is 11.6 Å². The number of benzene rings is 1. The largest absolute Gasteiger partial charge is 0.474 e. The molecule has 5 heterocycles. The summed E-state index contributed by atoms with van der Waals surface area (Å²) >= 11 is 0. The lowest BCUT2D eigenvalue weighted by atomic mass is 10.2. The Hall–Kier alpha value is -4.06. The summed E-state index contributed by atoms with van der Waals surface area (Å²) in [5, 5.41) is 16.1. The maximum Gasteiger partial charge on any atom is 0.229 e. The van der Waals surface area contributed by atoms with Crippen LogP contribution in [0.3, 0.4) is 0 Å². The second-order valence-corrected chi connectivity index (χ2v) is 9.73. The van der Waals surface area contributed by atoms with Gasteiger partial charge in [0.1, 0.15) is 12.8 Å². The molecule has 1 atom stereocenters. The zero-order valence-electron chi connectivity index (χ0n) is 22.1. The van der Waals surface area contributed by atoms with E-state index in [2.05, 4.69) is 27.3 Å². The summed E-state index contributed by atoms with van der Waals surface area (Å²) < 4.78 is 14.1. The number of hydrogen-bond donors (Lipinski definition) is 2. The van der Waals surface area contributed by atoms with E-state index in [4.69, 9.17) is 19.4 Å². The third kappa shape index (κ3) is 5.56. The van der Waals surface area contributed by atoms with Crippen molar-refractivity contribution in [3.05, 3.63) is 67.0 Å². The Morgan fingerprint density at radius 2 is 2.13 bits per heavy atom. The van der Waals surface area contributed by atoms with Gasteiger partial charge in [0.2, 0.25) is 11.8 Å². The summed E-state index contributed by atoms with van der Waals surface area (Å²) in [5.74, 6) is 2.45. The minimum absolute atomic E-state index is 0.141. The van der Waals surface area contributed by atoms with E-state index in [0.717, 1.165) is 54.5 Å². The van der Waals surface area contributed by atoms with Crippen molar-refractivity contribution in [1.82, 2.24) is 35.1 Å². The van der Waals surface area contributed by atoms with Crippen LogP contribution in [0.15, 0.2) is 61.4 Å². The fourth-order valence-electron chi connectivity index (χ4n) is 4.97. The highest BCUT2D eigenvalue weighted by atomic mass is 16.5. The zero-order valence-corrected chi connectivity index (χ0v) is 22.1. The van der Waals surface area contributed by atoms with Gasteiger partial charge >= 0.3 is 0 Å². The number of aromatic nitrogens is 5. The first-order valence-corrected chi connectivity index (χ1v) is 13.3. The number of aryl methyl sites for hydroxylation is 1. The molecule has 0 aliphatic carbocycles. The Labute approximate surface area is 227 Å². The summed E-state index contributed by atoms with van der Waals surface area (Å²) in [5.41, 5.74) is 2.79. The van der Waals surface area contributed by atoms with Crippen LogP contribution in [0.1, 0.15) is 24.8 Å².